The highest BCUT2D eigenvalue weighted by Crippen LogP contribution is 2.26. The van der Waals surface area contributed by atoms with E-state index >= 15 is 0 Å². The average Bonchev–Trinajstić information content (AvgIpc) is 3.08. The molecule has 6 heteroatoms. The lowest BCUT2D eigenvalue weighted by molar-refractivity contribution is -0.149. The Morgan fingerprint density at radius 3 is 2.52 bits per heavy atom. The summed E-state index contributed by atoms with van der Waals surface area (Å²) in [5, 5.41) is 11.8. The monoisotopic (exact) mass is 318 g/mol. The zero-order chi connectivity index (χ0) is 16.9. The quantitative estimate of drug-likeness (QED) is 0.846. The number of nitriles is 1. The molecule has 0 aliphatic heterocycles. The first kappa shape index (κ1) is 16.9. The fraction of sp³-hybridized carbons (Fsp3) is 0.471. The van der Waals surface area contributed by atoms with Gasteiger partial charge in [0.05, 0.1) is 12.0 Å². The zero-order valence-corrected chi connectivity index (χ0v) is 13.0. The number of benzene rings is 1. The Morgan fingerprint density at radius 1 is 1.35 bits per heavy atom. The number of carbonyl (C=O) groups is 2. The molecule has 0 aromatic heterocycles. The van der Waals surface area contributed by atoms with Crippen molar-refractivity contribution < 1.29 is 18.7 Å². The number of nitrogens with zero attached hydrogens (tertiary/aromatic N) is 1. The van der Waals surface area contributed by atoms with E-state index in [4.69, 9.17) is 4.74 Å². The molecular formula is C17H19FN2O3. The Balaban J connectivity index is 1.94. The lowest BCUT2D eigenvalue weighted by atomic mass is 10.0. The Bertz CT molecular complexity index is 618. The Labute approximate surface area is 134 Å². The predicted octanol–water partition coefficient (Wildman–Crippen LogP) is 2.57. The van der Waals surface area contributed by atoms with Gasteiger partial charge in [-0.1, -0.05) is 12.8 Å². The predicted molar refractivity (Wildman–Crippen MR) is 80.8 cm³/mol. The Morgan fingerprint density at radius 2 is 1.96 bits per heavy atom. The van der Waals surface area contributed by atoms with E-state index in [2.05, 4.69) is 5.32 Å². The third-order valence-electron chi connectivity index (χ3n) is 3.93. The van der Waals surface area contributed by atoms with Crippen LogP contribution in [0.4, 0.5) is 4.39 Å². The largest absolute Gasteiger partial charge is 0.462 e. The van der Waals surface area contributed by atoms with Crippen LogP contribution in [-0.2, 0) is 9.53 Å². The van der Waals surface area contributed by atoms with Gasteiger partial charge in [-0.2, -0.15) is 5.26 Å². The number of rotatable bonds is 5. The maximum Gasteiger partial charge on any atom is 0.309 e. The molecule has 1 aromatic carbocycles. The smallest absolute Gasteiger partial charge is 0.309 e. The number of amides is 1. The number of carbonyl (C=O) groups excluding carboxylic acids is 2. The van der Waals surface area contributed by atoms with Crippen molar-refractivity contribution in [1.29, 1.82) is 5.26 Å². The summed E-state index contributed by atoms with van der Waals surface area (Å²) in [5.41, 5.74) is -1.10. The number of halogens is 1. The second kappa shape index (κ2) is 7.23. The van der Waals surface area contributed by atoms with Gasteiger partial charge in [0.2, 0.25) is 0 Å². The van der Waals surface area contributed by atoms with Crippen LogP contribution in [0.1, 0.15) is 43.0 Å². The molecule has 1 amide bonds. The molecule has 0 radical (unpaired) electrons. The highest BCUT2D eigenvalue weighted by molar-refractivity contribution is 5.94. The van der Waals surface area contributed by atoms with E-state index in [9.17, 15) is 19.2 Å². The molecule has 1 aliphatic carbocycles. The van der Waals surface area contributed by atoms with Crippen LogP contribution in [0.2, 0.25) is 0 Å². The Hall–Kier alpha value is -2.42. The second-order valence-corrected chi connectivity index (χ2v) is 5.99. The van der Waals surface area contributed by atoms with Crippen molar-refractivity contribution in [3.05, 3.63) is 35.6 Å². The van der Waals surface area contributed by atoms with Crippen molar-refractivity contribution in [2.75, 3.05) is 6.61 Å². The van der Waals surface area contributed by atoms with Crippen LogP contribution in [0.5, 0.6) is 0 Å². The van der Waals surface area contributed by atoms with Gasteiger partial charge >= 0.3 is 5.97 Å². The molecule has 1 atom stereocenters. The van der Waals surface area contributed by atoms with Crippen LogP contribution >= 0.6 is 0 Å². The van der Waals surface area contributed by atoms with Crippen molar-refractivity contribution in [3.63, 3.8) is 0 Å². The fourth-order valence-corrected chi connectivity index (χ4v) is 2.52. The van der Waals surface area contributed by atoms with Gasteiger partial charge in [0.25, 0.3) is 5.91 Å². The third kappa shape index (κ3) is 4.52. The molecule has 1 fully saturated rings. The highest BCUT2D eigenvalue weighted by Gasteiger charge is 2.31. The fourth-order valence-electron chi connectivity index (χ4n) is 2.52. The lowest BCUT2D eigenvalue weighted by Crippen LogP contribution is -2.49. The van der Waals surface area contributed by atoms with Gasteiger partial charge in [-0.25, -0.2) is 4.39 Å². The summed E-state index contributed by atoms with van der Waals surface area (Å²) in [6.45, 7) is 1.27. The summed E-state index contributed by atoms with van der Waals surface area (Å²) in [4.78, 5) is 24.0. The molecule has 23 heavy (non-hydrogen) atoms. The number of hydrogen-bond donors (Lipinski definition) is 1. The maximum atomic E-state index is 12.9. The molecule has 122 valence electrons. The minimum Gasteiger partial charge on any atom is -0.462 e. The second-order valence-electron chi connectivity index (χ2n) is 5.99. The molecule has 1 aromatic rings. The van der Waals surface area contributed by atoms with Crippen LogP contribution in [0.25, 0.3) is 0 Å². The molecule has 0 saturated heterocycles. The summed E-state index contributed by atoms with van der Waals surface area (Å²) in [5.74, 6) is -1.40. The first-order valence-corrected chi connectivity index (χ1v) is 7.59. The number of nitrogens with one attached hydrogen (secondary N) is 1. The molecule has 1 saturated carbocycles. The highest BCUT2D eigenvalue weighted by atomic mass is 19.1. The van der Waals surface area contributed by atoms with Gasteiger partial charge in [-0.3, -0.25) is 9.59 Å². The van der Waals surface area contributed by atoms with Crippen molar-refractivity contribution in [2.45, 2.75) is 38.1 Å². The van der Waals surface area contributed by atoms with E-state index in [1.54, 1.807) is 0 Å². The average molecular weight is 318 g/mol. The van der Waals surface area contributed by atoms with E-state index in [1.807, 2.05) is 6.07 Å². The summed E-state index contributed by atoms with van der Waals surface area (Å²) < 4.78 is 18.1. The van der Waals surface area contributed by atoms with E-state index in [1.165, 1.54) is 31.2 Å². The van der Waals surface area contributed by atoms with E-state index in [0.29, 0.717) is 0 Å². The molecule has 1 aliphatic rings. The van der Waals surface area contributed by atoms with Crippen molar-refractivity contribution in [2.24, 2.45) is 5.92 Å². The maximum absolute atomic E-state index is 12.9. The van der Waals surface area contributed by atoms with Gasteiger partial charge in [-0.05, 0) is 44.0 Å². The van der Waals surface area contributed by atoms with Crippen LogP contribution < -0.4 is 5.32 Å². The standard InChI is InChI=1S/C17H19FN2O3/c1-17(10-19,11-23-16(22)13-4-2-3-5-13)20-15(21)12-6-8-14(18)9-7-12/h6-9,13H,2-5,11H2,1H3,(H,20,21). The van der Waals surface area contributed by atoms with E-state index < -0.39 is 17.3 Å². The molecule has 0 spiro atoms. The minimum absolute atomic E-state index is 0.106. The molecule has 5 nitrogen and oxygen atoms in total. The van der Waals surface area contributed by atoms with Crippen LogP contribution in [0, 0.1) is 23.1 Å². The van der Waals surface area contributed by atoms with Crippen molar-refractivity contribution >= 4 is 11.9 Å². The van der Waals surface area contributed by atoms with Gasteiger partial charge in [0, 0.05) is 5.56 Å². The van der Waals surface area contributed by atoms with Gasteiger partial charge in [0.15, 0.2) is 5.54 Å². The van der Waals surface area contributed by atoms with Crippen LogP contribution in [-0.4, -0.2) is 24.0 Å². The van der Waals surface area contributed by atoms with Gasteiger partial charge in [0.1, 0.15) is 12.4 Å². The molecule has 1 unspecified atom stereocenters. The number of hydrogen-bond acceptors (Lipinski definition) is 4. The summed E-state index contributed by atoms with van der Waals surface area (Å²) >= 11 is 0. The molecule has 0 bridgehead atoms. The number of ether oxygens (including phenoxy) is 1. The first-order chi connectivity index (χ1) is 10.9. The van der Waals surface area contributed by atoms with Crippen molar-refractivity contribution in [3.8, 4) is 6.07 Å². The molecule has 0 heterocycles. The topological polar surface area (TPSA) is 79.2 Å². The SMILES string of the molecule is CC(C#N)(COC(=O)C1CCCC1)NC(=O)c1ccc(F)cc1. The Kier molecular flexibility index (Phi) is 5.32. The lowest BCUT2D eigenvalue weighted by Gasteiger charge is -2.23. The molecular weight excluding hydrogens is 299 g/mol. The summed E-state index contributed by atoms with van der Waals surface area (Å²) in [6, 6.07) is 6.94. The summed E-state index contributed by atoms with van der Waals surface area (Å²) in [6.07, 6.45) is 3.64. The van der Waals surface area contributed by atoms with Crippen molar-refractivity contribution in [1.82, 2.24) is 5.32 Å². The summed E-state index contributed by atoms with van der Waals surface area (Å²) in [7, 11) is 0. The van der Waals surface area contributed by atoms with Gasteiger partial charge in [-0.15, -0.1) is 0 Å². The molecule has 2 rings (SSSR count). The van der Waals surface area contributed by atoms with Crippen LogP contribution in [0.15, 0.2) is 24.3 Å². The number of esters is 1. The van der Waals surface area contributed by atoms with E-state index in [0.717, 1.165) is 25.7 Å². The minimum atomic E-state index is -1.33. The third-order valence-corrected chi connectivity index (χ3v) is 3.93. The van der Waals surface area contributed by atoms with E-state index in [-0.39, 0.29) is 24.1 Å². The van der Waals surface area contributed by atoms with Gasteiger partial charge < -0.3 is 10.1 Å². The normalized spacial score (nSPS) is 17.1. The van der Waals surface area contributed by atoms with Crippen LogP contribution in [0.3, 0.4) is 0 Å². The zero-order valence-electron chi connectivity index (χ0n) is 13.0. The molecule has 1 N–H and O–H groups in total. The first-order valence-electron chi connectivity index (χ1n) is 7.59.